The molecule has 46 heavy (non-hydrogen) atoms. The number of phenolic OH excluding ortho intramolecular Hbond substituents is 1. The van der Waals surface area contributed by atoms with Gasteiger partial charge in [0.15, 0.2) is 12.6 Å². The number of aliphatic hydroxyl groups is 7. The number of esters is 1. The van der Waals surface area contributed by atoms with Gasteiger partial charge in [0.25, 0.3) is 0 Å². The van der Waals surface area contributed by atoms with Gasteiger partial charge in [0, 0.05) is 30.6 Å². The van der Waals surface area contributed by atoms with Gasteiger partial charge >= 0.3 is 5.97 Å². The summed E-state index contributed by atoms with van der Waals surface area (Å²) in [5.74, 6) is -2.72. The van der Waals surface area contributed by atoms with Crippen molar-refractivity contribution in [3.63, 3.8) is 0 Å². The molecule has 3 heterocycles. The van der Waals surface area contributed by atoms with Gasteiger partial charge in [0.2, 0.25) is 6.29 Å². The Bertz CT molecular complexity index is 1240. The number of carbonyl (C=O) groups excluding carboxylic acids is 2. The molecular weight excluding hydrogens is 616 g/mol. The van der Waals surface area contributed by atoms with Crippen LogP contribution >= 0.6 is 0 Å². The lowest BCUT2D eigenvalue weighted by Crippen LogP contribution is -2.65. The second-order valence-corrected chi connectivity index (χ2v) is 11.9. The van der Waals surface area contributed by atoms with E-state index in [4.69, 9.17) is 28.4 Å². The normalized spacial score (nSPS) is 41.0. The number of aromatic hydroxyl groups is 1. The molecule has 1 aliphatic carbocycles. The molecule has 0 aromatic heterocycles. The first-order valence-electron chi connectivity index (χ1n) is 15.0. The minimum absolute atomic E-state index is 0.00283. The lowest BCUT2D eigenvalue weighted by molar-refractivity contribution is -0.375. The molecule has 0 radical (unpaired) electrons. The summed E-state index contributed by atoms with van der Waals surface area (Å²) in [5.41, 5.74) is 0.965. The fraction of sp³-hybridized carbons (Fsp3) is 0.667. The maximum absolute atomic E-state index is 13.0. The Morgan fingerprint density at radius 2 is 1.48 bits per heavy atom. The van der Waals surface area contributed by atoms with E-state index in [2.05, 4.69) is 0 Å². The van der Waals surface area contributed by atoms with Crippen molar-refractivity contribution >= 4 is 11.8 Å². The van der Waals surface area contributed by atoms with Crippen LogP contribution in [0.5, 0.6) is 5.75 Å². The highest BCUT2D eigenvalue weighted by Gasteiger charge is 2.55. The average molecular weight is 657 g/mol. The minimum Gasteiger partial charge on any atom is -0.508 e. The van der Waals surface area contributed by atoms with E-state index < -0.39 is 105 Å². The van der Waals surface area contributed by atoms with Crippen molar-refractivity contribution in [3.8, 4) is 5.75 Å². The second-order valence-electron chi connectivity index (χ2n) is 11.9. The minimum atomic E-state index is -1.84. The molecule has 5 rings (SSSR count). The van der Waals surface area contributed by atoms with Crippen molar-refractivity contribution in [1.82, 2.24) is 0 Å². The first kappa shape index (κ1) is 34.6. The molecule has 1 aromatic carbocycles. The maximum atomic E-state index is 13.0. The number of ketones is 1. The third-order valence-electron chi connectivity index (χ3n) is 9.04. The molecule has 1 aromatic rings. The quantitative estimate of drug-likeness (QED) is 0.118. The van der Waals surface area contributed by atoms with Crippen LogP contribution in [0.4, 0.5) is 0 Å². The number of phenols is 1. The number of Topliss-reactive ketones (excluding diaryl/α,β-unsaturated/α-hetero) is 1. The fourth-order valence-electron chi connectivity index (χ4n) is 6.29. The van der Waals surface area contributed by atoms with Gasteiger partial charge in [-0.3, -0.25) is 4.79 Å². The number of hydrogen-bond acceptors (Lipinski definition) is 16. The number of rotatable bonds is 10. The van der Waals surface area contributed by atoms with Gasteiger partial charge in [-0.25, -0.2) is 4.79 Å². The summed E-state index contributed by atoms with van der Waals surface area (Å²) in [4.78, 5) is 25.8. The van der Waals surface area contributed by atoms with Gasteiger partial charge in [0.1, 0.15) is 60.4 Å². The summed E-state index contributed by atoms with van der Waals surface area (Å²) in [6, 6.07) is 6.43. The van der Waals surface area contributed by atoms with E-state index in [0.29, 0.717) is 6.42 Å². The molecule has 8 N–H and O–H groups in total. The van der Waals surface area contributed by atoms with E-state index in [9.17, 15) is 50.4 Å². The highest BCUT2D eigenvalue weighted by atomic mass is 16.8. The first-order chi connectivity index (χ1) is 21.9. The van der Waals surface area contributed by atoms with Crippen LogP contribution in [0.15, 0.2) is 36.1 Å². The Morgan fingerprint density at radius 3 is 2.13 bits per heavy atom. The third kappa shape index (κ3) is 6.93. The van der Waals surface area contributed by atoms with Crippen LogP contribution in [0.25, 0.3) is 0 Å². The number of ether oxygens (including phenoxy) is 6. The van der Waals surface area contributed by atoms with E-state index in [1.165, 1.54) is 12.1 Å². The Morgan fingerprint density at radius 1 is 0.848 bits per heavy atom. The number of benzene rings is 1. The Hall–Kier alpha value is -2.74. The van der Waals surface area contributed by atoms with Crippen LogP contribution in [-0.4, -0.2) is 140 Å². The van der Waals surface area contributed by atoms with E-state index in [0.717, 1.165) is 11.8 Å². The van der Waals surface area contributed by atoms with Crippen LogP contribution in [0.2, 0.25) is 0 Å². The zero-order chi connectivity index (χ0) is 33.3. The van der Waals surface area contributed by atoms with Crippen molar-refractivity contribution in [1.29, 1.82) is 0 Å². The molecular formula is C30H40O16. The highest BCUT2D eigenvalue weighted by Crippen LogP contribution is 2.46. The third-order valence-corrected chi connectivity index (χ3v) is 9.04. The highest BCUT2D eigenvalue weighted by molar-refractivity contribution is 5.93. The molecule has 1 saturated carbocycles. The van der Waals surface area contributed by atoms with Crippen LogP contribution in [0, 0.1) is 17.8 Å². The largest absolute Gasteiger partial charge is 0.508 e. The van der Waals surface area contributed by atoms with Gasteiger partial charge in [-0.15, -0.1) is 0 Å². The van der Waals surface area contributed by atoms with Crippen molar-refractivity contribution in [2.45, 2.75) is 87.5 Å². The zero-order valence-electron chi connectivity index (χ0n) is 24.8. The summed E-state index contributed by atoms with van der Waals surface area (Å²) >= 11 is 0. The van der Waals surface area contributed by atoms with Crippen molar-refractivity contribution in [3.05, 3.63) is 41.7 Å². The van der Waals surface area contributed by atoms with Gasteiger partial charge in [-0.1, -0.05) is 19.1 Å². The van der Waals surface area contributed by atoms with Crippen LogP contribution < -0.4 is 0 Å². The fourth-order valence-corrected chi connectivity index (χ4v) is 6.29. The van der Waals surface area contributed by atoms with E-state index in [-0.39, 0.29) is 30.1 Å². The summed E-state index contributed by atoms with van der Waals surface area (Å²) in [5, 5.41) is 81.3. The maximum Gasteiger partial charge on any atom is 0.337 e. The summed E-state index contributed by atoms with van der Waals surface area (Å²) in [7, 11) is 0. The van der Waals surface area contributed by atoms with Gasteiger partial charge < -0.3 is 69.3 Å². The molecule has 3 aliphatic heterocycles. The number of carbonyl (C=O) groups is 2. The summed E-state index contributed by atoms with van der Waals surface area (Å²) < 4.78 is 33.7. The Kier molecular flexibility index (Phi) is 11.0. The molecule has 0 bridgehead atoms. The van der Waals surface area contributed by atoms with Crippen LogP contribution in [0.3, 0.4) is 0 Å². The van der Waals surface area contributed by atoms with Gasteiger partial charge in [0.05, 0.1) is 31.7 Å². The summed E-state index contributed by atoms with van der Waals surface area (Å²) in [6.07, 6.45) is -16.2. The topological polar surface area (TPSA) is 251 Å². The lowest BCUT2D eigenvalue weighted by atomic mass is 9.83. The van der Waals surface area contributed by atoms with Gasteiger partial charge in [-0.05, 0) is 17.7 Å². The number of hydrogen-bond donors (Lipinski definition) is 8. The smallest absolute Gasteiger partial charge is 0.337 e. The van der Waals surface area contributed by atoms with Crippen LogP contribution in [-0.2, 0) is 44.4 Å². The molecule has 14 unspecified atom stereocenters. The summed E-state index contributed by atoms with van der Waals surface area (Å²) in [6.45, 7) is 0.184. The molecule has 2 saturated heterocycles. The average Bonchev–Trinajstić information content (AvgIpc) is 3.35. The van der Waals surface area contributed by atoms with Crippen molar-refractivity contribution in [2.75, 3.05) is 19.8 Å². The first-order valence-corrected chi connectivity index (χ1v) is 15.0. The predicted molar refractivity (Wildman–Crippen MR) is 149 cm³/mol. The monoisotopic (exact) mass is 656 g/mol. The molecule has 0 amide bonds. The van der Waals surface area contributed by atoms with E-state index in [1.54, 1.807) is 19.1 Å². The Labute approximate surface area is 263 Å². The molecule has 3 fully saturated rings. The number of fused-ring (bicyclic) bond motifs is 1. The molecule has 0 spiro atoms. The van der Waals surface area contributed by atoms with Gasteiger partial charge in [-0.2, -0.15) is 0 Å². The zero-order valence-corrected chi connectivity index (χ0v) is 24.8. The molecule has 16 heteroatoms. The Balaban J connectivity index is 1.28. The van der Waals surface area contributed by atoms with Crippen molar-refractivity contribution in [2.24, 2.45) is 17.8 Å². The SMILES string of the molecule is CC1C(=O)CC2C(C(=O)OCCc3ccc(O)cc3)=COC(OC3OC(CO)C(O)C(OC4OC(CO)C(O)C(O)C4O)C3O)C12. The van der Waals surface area contributed by atoms with E-state index in [1.807, 2.05) is 0 Å². The lowest BCUT2D eigenvalue weighted by Gasteiger charge is -2.47. The van der Waals surface area contributed by atoms with Crippen molar-refractivity contribution < 1.29 is 78.9 Å². The number of aliphatic hydroxyl groups excluding tert-OH is 7. The second kappa shape index (κ2) is 14.6. The molecule has 256 valence electrons. The molecule has 14 atom stereocenters. The predicted octanol–water partition coefficient (Wildman–Crippen LogP) is -2.80. The molecule has 16 nitrogen and oxygen atoms in total. The van der Waals surface area contributed by atoms with Crippen LogP contribution in [0.1, 0.15) is 18.9 Å². The molecule has 4 aliphatic rings. The standard InChI is InChI=1S/C30H40O16/c1-12-17(34)8-15-16(27(40)41-7-6-13-2-4-14(33)5-3-13)11-42-28(20(12)15)46-30-25(39)26(22(36)19(10-32)44-30)45-29-24(38)23(37)21(35)18(9-31)43-29/h2-5,11-12,15,18-26,28-33,35-39H,6-10H2,1H3. The van der Waals surface area contributed by atoms with E-state index >= 15 is 0 Å².